The fourth-order valence-electron chi connectivity index (χ4n) is 4.22. The lowest BCUT2D eigenvalue weighted by Gasteiger charge is -2.23. The zero-order valence-electron chi connectivity index (χ0n) is 22.3. The molecule has 200 valence electrons. The van der Waals surface area contributed by atoms with Gasteiger partial charge in [-0.05, 0) is 57.0 Å². The van der Waals surface area contributed by atoms with Crippen molar-refractivity contribution in [2.45, 2.75) is 117 Å². The number of hydrogen-bond acceptors (Lipinski definition) is 5. The van der Waals surface area contributed by atoms with Gasteiger partial charge in [0.05, 0.1) is 12.6 Å². The number of amides is 3. The fourth-order valence-corrected chi connectivity index (χ4v) is 4.22. The van der Waals surface area contributed by atoms with Gasteiger partial charge in [-0.1, -0.05) is 72.6 Å². The van der Waals surface area contributed by atoms with Gasteiger partial charge >= 0.3 is 0 Å². The van der Waals surface area contributed by atoms with Crippen LogP contribution in [0.15, 0.2) is 0 Å². The van der Waals surface area contributed by atoms with E-state index < -0.39 is 17.9 Å². The summed E-state index contributed by atoms with van der Waals surface area (Å²) in [6.07, 6.45) is 13.1. The van der Waals surface area contributed by atoms with Crippen LogP contribution in [0.4, 0.5) is 0 Å². The third-order valence-electron chi connectivity index (χ3n) is 5.98. The minimum atomic E-state index is -0.720. The lowest BCUT2D eigenvalue weighted by Crippen LogP contribution is -2.51. The molecule has 7 N–H and O–H groups in total. The van der Waals surface area contributed by atoms with Crippen LogP contribution in [-0.2, 0) is 14.4 Å². The molecule has 0 saturated heterocycles. The Balaban J connectivity index is 0.00000343. The Morgan fingerprint density at radius 3 is 2.18 bits per heavy atom. The second-order valence-electron chi connectivity index (χ2n) is 10.0. The first-order valence-electron chi connectivity index (χ1n) is 13.5. The normalized spacial score (nSPS) is 15.7. The molecule has 2 atom stereocenters. The van der Waals surface area contributed by atoms with Crippen molar-refractivity contribution in [2.24, 2.45) is 23.3 Å². The topological polar surface area (TPSA) is 139 Å². The highest BCUT2D eigenvalue weighted by Crippen LogP contribution is 2.27. The molecule has 0 aromatic carbocycles. The quantitative estimate of drug-likeness (QED) is 0.215. The number of nitrogens with two attached hydrogens (primary N) is 2. The molecule has 1 aliphatic carbocycles. The zero-order valence-corrected chi connectivity index (χ0v) is 22.3. The van der Waals surface area contributed by atoms with Crippen LogP contribution in [0.2, 0.25) is 0 Å². The molecule has 0 aromatic heterocycles. The predicted molar refractivity (Wildman–Crippen MR) is 140 cm³/mol. The predicted octanol–water partition coefficient (Wildman–Crippen LogP) is 2.98. The summed E-state index contributed by atoms with van der Waals surface area (Å²) in [7, 11) is 0. The molecule has 0 heterocycles. The van der Waals surface area contributed by atoms with Crippen LogP contribution in [0.25, 0.3) is 0 Å². The Bertz CT molecular complexity index is 551. The van der Waals surface area contributed by atoms with Crippen LogP contribution in [-0.4, -0.2) is 49.4 Å². The zero-order chi connectivity index (χ0) is 25.8. The van der Waals surface area contributed by atoms with Crippen LogP contribution in [0, 0.1) is 11.8 Å². The van der Waals surface area contributed by atoms with Crippen molar-refractivity contribution in [3.63, 3.8) is 0 Å². The number of primary amides is 1. The van der Waals surface area contributed by atoms with Gasteiger partial charge in [-0.3, -0.25) is 14.4 Å². The van der Waals surface area contributed by atoms with Crippen molar-refractivity contribution >= 4 is 17.7 Å². The summed E-state index contributed by atoms with van der Waals surface area (Å²) >= 11 is 0. The van der Waals surface area contributed by atoms with Crippen molar-refractivity contribution < 1.29 is 14.4 Å². The third kappa shape index (κ3) is 16.9. The molecule has 0 spiro atoms. The van der Waals surface area contributed by atoms with Gasteiger partial charge in [0.2, 0.25) is 17.7 Å². The molecule has 0 radical (unpaired) electrons. The molecule has 1 fully saturated rings. The van der Waals surface area contributed by atoms with E-state index in [2.05, 4.69) is 29.8 Å². The Labute approximate surface area is 208 Å². The smallest absolute Gasteiger partial charge is 0.240 e. The Kier molecular flexibility index (Phi) is 19.7. The highest BCUT2D eigenvalue weighted by molar-refractivity contribution is 5.90. The van der Waals surface area contributed by atoms with Gasteiger partial charge in [-0.15, -0.1) is 0 Å². The average molecular weight is 484 g/mol. The number of hydrogen-bond donors (Lipinski definition) is 5. The molecule has 3 amide bonds. The van der Waals surface area contributed by atoms with Crippen molar-refractivity contribution in [2.75, 3.05) is 19.6 Å². The molecule has 1 unspecified atom stereocenters. The summed E-state index contributed by atoms with van der Waals surface area (Å²) in [5, 5.41) is 8.69. The maximum absolute atomic E-state index is 12.7. The van der Waals surface area contributed by atoms with Gasteiger partial charge in [0.15, 0.2) is 0 Å². The lowest BCUT2D eigenvalue weighted by molar-refractivity contribution is -0.129. The number of unbranched alkanes of at least 4 members (excludes halogenated alkanes) is 1. The van der Waals surface area contributed by atoms with E-state index in [1.165, 1.54) is 44.9 Å². The summed E-state index contributed by atoms with van der Waals surface area (Å²) in [5.74, 6) is -0.113. The van der Waals surface area contributed by atoms with Crippen LogP contribution in [0.3, 0.4) is 0 Å². The summed E-state index contributed by atoms with van der Waals surface area (Å²) in [4.78, 5) is 36.4. The van der Waals surface area contributed by atoms with Gasteiger partial charge in [0.1, 0.15) is 6.04 Å². The molecular weight excluding hydrogens is 430 g/mol. The molecule has 34 heavy (non-hydrogen) atoms. The van der Waals surface area contributed by atoms with Gasteiger partial charge < -0.3 is 27.4 Å². The minimum absolute atomic E-state index is 0.169. The molecule has 0 bridgehead atoms. The molecule has 1 saturated carbocycles. The van der Waals surface area contributed by atoms with E-state index in [1.807, 2.05) is 13.8 Å². The highest BCUT2D eigenvalue weighted by atomic mass is 16.2. The van der Waals surface area contributed by atoms with Crippen LogP contribution in [0.1, 0.15) is 105 Å². The second kappa shape index (κ2) is 20.7. The van der Waals surface area contributed by atoms with Gasteiger partial charge in [0, 0.05) is 0 Å². The van der Waals surface area contributed by atoms with Gasteiger partial charge in [0.25, 0.3) is 0 Å². The number of nitrogens with one attached hydrogen (secondary N) is 3. The monoisotopic (exact) mass is 483 g/mol. The van der Waals surface area contributed by atoms with Crippen LogP contribution in [0.5, 0.6) is 0 Å². The second-order valence-corrected chi connectivity index (χ2v) is 10.0. The van der Waals surface area contributed by atoms with E-state index in [-0.39, 0.29) is 24.4 Å². The molecule has 0 aliphatic heterocycles. The first kappa shape index (κ1) is 32.3. The minimum Gasteiger partial charge on any atom is -0.368 e. The van der Waals surface area contributed by atoms with Crippen LogP contribution < -0.4 is 27.4 Å². The highest BCUT2D eigenvalue weighted by Gasteiger charge is 2.22. The molecule has 1 aliphatic rings. The van der Waals surface area contributed by atoms with E-state index in [0.717, 1.165) is 31.7 Å². The van der Waals surface area contributed by atoms with Crippen molar-refractivity contribution in [1.29, 1.82) is 0 Å². The van der Waals surface area contributed by atoms with Crippen molar-refractivity contribution in [1.82, 2.24) is 16.0 Å². The number of carbonyl (C=O) groups excluding carboxylic acids is 3. The van der Waals surface area contributed by atoms with E-state index >= 15 is 0 Å². The maximum Gasteiger partial charge on any atom is 0.240 e. The number of rotatable bonds is 16. The van der Waals surface area contributed by atoms with E-state index in [4.69, 9.17) is 11.5 Å². The lowest BCUT2D eigenvalue weighted by atomic mass is 9.86. The maximum atomic E-state index is 12.7. The van der Waals surface area contributed by atoms with Crippen molar-refractivity contribution in [3.05, 3.63) is 0 Å². The Morgan fingerprint density at radius 1 is 0.971 bits per heavy atom. The SMILES string of the molecule is CC(C)C[C@H](NC(=O)CNC(=O)C(CCCCN)NCCCC1CCCCC1)C(N)=O.CCC. The molecular formula is C26H53N5O3. The summed E-state index contributed by atoms with van der Waals surface area (Å²) < 4.78 is 0. The fraction of sp³-hybridized carbons (Fsp3) is 0.885. The molecule has 8 heteroatoms. The summed E-state index contributed by atoms with van der Waals surface area (Å²) in [6.45, 7) is 9.38. The Morgan fingerprint density at radius 2 is 1.62 bits per heavy atom. The molecule has 1 rings (SSSR count). The largest absolute Gasteiger partial charge is 0.368 e. The van der Waals surface area contributed by atoms with Gasteiger partial charge in [-0.2, -0.15) is 0 Å². The van der Waals surface area contributed by atoms with E-state index in [9.17, 15) is 14.4 Å². The third-order valence-corrected chi connectivity index (χ3v) is 5.98. The van der Waals surface area contributed by atoms with Gasteiger partial charge in [-0.25, -0.2) is 0 Å². The molecule has 8 nitrogen and oxygen atoms in total. The van der Waals surface area contributed by atoms with Crippen LogP contribution >= 0.6 is 0 Å². The summed E-state index contributed by atoms with van der Waals surface area (Å²) in [6, 6.07) is -1.06. The van der Waals surface area contributed by atoms with E-state index in [0.29, 0.717) is 19.4 Å². The standard InChI is InChI=1S/C23H45N5O3.C3H8/c1-17(2)15-20(22(25)30)28-21(29)16-27-23(31)19(12-6-7-13-24)26-14-8-11-18-9-4-3-5-10-18;1-3-2/h17-20,26H,3-16,24H2,1-2H3,(H2,25,30)(H,27,31)(H,28,29);3H2,1-2H3/t19?,20-;/m0./s1. The summed E-state index contributed by atoms with van der Waals surface area (Å²) in [5.41, 5.74) is 11.0. The van der Waals surface area contributed by atoms with E-state index in [1.54, 1.807) is 0 Å². The average Bonchev–Trinajstić information content (AvgIpc) is 2.79. The Hall–Kier alpha value is -1.67. The number of carbonyl (C=O) groups is 3. The van der Waals surface area contributed by atoms with Crippen molar-refractivity contribution in [3.8, 4) is 0 Å². The first-order chi connectivity index (χ1) is 16.2. The molecule has 0 aromatic rings. The first-order valence-corrected chi connectivity index (χ1v) is 13.5.